The number of rotatable bonds is 12. The Hall–Kier alpha value is -3.40. The van der Waals surface area contributed by atoms with E-state index < -0.39 is 111 Å². The van der Waals surface area contributed by atoms with Gasteiger partial charge in [-0.1, -0.05) is 30.3 Å². The minimum absolute atomic E-state index is 0.187. The van der Waals surface area contributed by atoms with Gasteiger partial charge in [0.1, 0.15) is 85.8 Å². The van der Waals surface area contributed by atoms with Crippen molar-refractivity contribution in [3.05, 3.63) is 71.8 Å². The van der Waals surface area contributed by atoms with Crippen LogP contribution in [0.1, 0.15) is 22.8 Å². The van der Waals surface area contributed by atoms with Crippen molar-refractivity contribution in [2.75, 3.05) is 13.2 Å². The first-order chi connectivity index (χ1) is 24.4. The van der Waals surface area contributed by atoms with Crippen molar-refractivity contribution in [1.29, 1.82) is 0 Å². The van der Waals surface area contributed by atoms with E-state index in [2.05, 4.69) is 0 Å². The number of carbonyl (C=O) groups excluding carboxylic acids is 2. The molecule has 15 atom stereocenters. The fourth-order valence-corrected chi connectivity index (χ4v) is 5.66. The van der Waals surface area contributed by atoms with Crippen LogP contribution in [0.15, 0.2) is 60.7 Å². The van der Waals surface area contributed by atoms with E-state index in [9.17, 15) is 50.4 Å². The first-order valence-corrected chi connectivity index (χ1v) is 16.2. The van der Waals surface area contributed by atoms with Gasteiger partial charge in [-0.25, -0.2) is 4.79 Å². The first-order valence-electron chi connectivity index (χ1n) is 16.2. The van der Waals surface area contributed by atoms with Crippen molar-refractivity contribution in [2.45, 2.75) is 99.0 Å². The lowest BCUT2D eigenvalue weighted by Crippen LogP contribution is -2.64. The fraction of sp³-hybridized carbons (Fsp3) is 0.529. The zero-order valence-corrected chi connectivity index (χ0v) is 27.3. The summed E-state index contributed by atoms with van der Waals surface area (Å²) in [5, 5.41) is 85.1. The second-order valence-electron chi connectivity index (χ2n) is 12.3. The second kappa shape index (κ2) is 17.4. The Morgan fingerprint density at radius 3 is 1.92 bits per heavy atom. The van der Waals surface area contributed by atoms with Crippen LogP contribution >= 0.6 is 0 Å². The highest BCUT2D eigenvalue weighted by Gasteiger charge is 2.51. The van der Waals surface area contributed by atoms with Gasteiger partial charge in [0.2, 0.25) is 6.29 Å². The molecule has 3 saturated heterocycles. The topological polar surface area (TPSA) is 261 Å². The zero-order valence-electron chi connectivity index (χ0n) is 27.3. The summed E-state index contributed by atoms with van der Waals surface area (Å²) in [6.07, 6.45) is -20.6. The lowest BCUT2D eigenvalue weighted by molar-refractivity contribution is -0.361. The molecule has 0 spiro atoms. The second-order valence-corrected chi connectivity index (χ2v) is 12.3. The molecule has 0 unspecified atom stereocenters. The Morgan fingerprint density at radius 1 is 0.667 bits per heavy atom. The van der Waals surface area contributed by atoms with E-state index in [1.807, 2.05) is 6.07 Å². The Labute approximate surface area is 291 Å². The zero-order chi connectivity index (χ0) is 36.8. The molecular formula is C34H42O17. The third kappa shape index (κ3) is 9.34. The maximum absolute atomic E-state index is 12.3. The van der Waals surface area contributed by atoms with E-state index in [1.54, 1.807) is 24.3 Å². The molecule has 0 amide bonds. The molecule has 51 heavy (non-hydrogen) atoms. The summed E-state index contributed by atoms with van der Waals surface area (Å²) in [7, 11) is 0. The van der Waals surface area contributed by atoms with Gasteiger partial charge < -0.3 is 74.0 Å². The average molecular weight is 723 g/mol. The van der Waals surface area contributed by atoms with Gasteiger partial charge in [-0.2, -0.15) is 0 Å². The van der Waals surface area contributed by atoms with Crippen molar-refractivity contribution in [3.63, 3.8) is 0 Å². The number of ether oxygens (including phenoxy) is 7. The molecule has 280 valence electrons. The number of benzene rings is 2. The van der Waals surface area contributed by atoms with Gasteiger partial charge in [-0.3, -0.25) is 4.79 Å². The predicted octanol–water partition coefficient (Wildman–Crippen LogP) is -2.38. The van der Waals surface area contributed by atoms with E-state index in [-0.39, 0.29) is 5.75 Å². The molecule has 3 aliphatic heterocycles. The van der Waals surface area contributed by atoms with Crippen LogP contribution in [-0.2, 0) is 33.2 Å². The molecule has 3 fully saturated rings. The standard InChI is InChI=1S/C34H42O17/c1-16-23(37)31(51-34-29(43)27(41)24(38)20(50-34)14-45-22(36)12-9-17-5-3-2-4-6-17)30(44)32(47-16)46-15-21-25(39)26(40)28(42)33(49-21)48-19-10-7-18(13-35)8-11-19/h2-13,16,20-21,23-34,37-44H,14-15H2,1H3/b12-9+/t16-,20+,21+,23-,24+,25+,26-,27-,28+,29+,30+,31+,32+,33+,34-/m0/s1. The highest BCUT2D eigenvalue weighted by atomic mass is 16.7. The number of aliphatic hydroxyl groups is 8. The fourth-order valence-electron chi connectivity index (χ4n) is 5.66. The SMILES string of the molecule is C[C@@H]1O[C@@H](OC[C@H]2O[C@@H](Oc3ccc(C=O)cc3)[C@H](O)[C@@H](O)[C@@H]2O)[C@H](O)[C@H](O[C@@H]2O[C@H](COC(=O)/C=C/c3ccccc3)[C@@H](O)[C@H](O)[C@H]2O)[C@H]1O. The summed E-state index contributed by atoms with van der Waals surface area (Å²) < 4.78 is 39.0. The van der Waals surface area contributed by atoms with E-state index in [1.165, 1.54) is 37.3 Å². The Bertz CT molecular complexity index is 1440. The van der Waals surface area contributed by atoms with Gasteiger partial charge >= 0.3 is 5.97 Å². The third-order valence-corrected chi connectivity index (χ3v) is 8.70. The summed E-state index contributed by atoms with van der Waals surface area (Å²) in [4.78, 5) is 23.2. The van der Waals surface area contributed by atoms with Gasteiger partial charge in [0, 0.05) is 11.6 Å². The van der Waals surface area contributed by atoms with Crippen LogP contribution in [0, 0.1) is 0 Å². The van der Waals surface area contributed by atoms with Crippen molar-refractivity contribution >= 4 is 18.3 Å². The van der Waals surface area contributed by atoms with Gasteiger partial charge in [0.05, 0.1) is 12.7 Å². The molecule has 0 radical (unpaired) electrons. The molecule has 0 aliphatic carbocycles. The molecule has 0 aromatic heterocycles. The molecule has 0 bridgehead atoms. The molecule has 0 saturated carbocycles. The van der Waals surface area contributed by atoms with Crippen molar-refractivity contribution < 1.29 is 83.6 Å². The monoisotopic (exact) mass is 722 g/mol. The number of hydrogen-bond acceptors (Lipinski definition) is 17. The Kier molecular flexibility index (Phi) is 13.3. The van der Waals surface area contributed by atoms with Crippen molar-refractivity contribution in [3.8, 4) is 5.75 Å². The molecular weight excluding hydrogens is 680 g/mol. The predicted molar refractivity (Wildman–Crippen MR) is 169 cm³/mol. The maximum Gasteiger partial charge on any atom is 0.330 e. The number of aliphatic hydroxyl groups excluding tert-OH is 8. The smallest absolute Gasteiger partial charge is 0.330 e. The van der Waals surface area contributed by atoms with Gasteiger partial charge in [0.25, 0.3) is 0 Å². The summed E-state index contributed by atoms with van der Waals surface area (Å²) >= 11 is 0. The van der Waals surface area contributed by atoms with Crippen LogP contribution in [0.4, 0.5) is 0 Å². The van der Waals surface area contributed by atoms with Crippen molar-refractivity contribution in [1.82, 2.24) is 0 Å². The lowest BCUT2D eigenvalue weighted by atomic mass is 9.97. The number of esters is 1. The van der Waals surface area contributed by atoms with Crippen LogP contribution in [0.5, 0.6) is 5.75 Å². The normalized spacial score (nSPS) is 38.6. The molecule has 2 aromatic carbocycles. The van der Waals surface area contributed by atoms with Crippen LogP contribution < -0.4 is 4.74 Å². The number of aldehydes is 1. The summed E-state index contributed by atoms with van der Waals surface area (Å²) in [6.45, 7) is 0.339. The largest absolute Gasteiger partial charge is 0.462 e. The van der Waals surface area contributed by atoms with Crippen LogP contribution in [0.2, 0.25) is 0 Å². The summed E-state index contributed by atoms with van der Waals surface area (Å²) in [5.41, 5.74) is 1.10. The molecule has 3 heterocycles. The highest BCUT2D eigenvalue weighted by Crippen LogP contribution is 2.31. The van der Waals surface area contributed by atoms with E-state index in [0.29, 0.717) is 11.8 Å². The van der Waals surface area contributed by atoms with Crippen molar-refractivity contribution in [2.24, 2.45) is 0 Å². The molecule has 8 N–H and O–H groups in total. The molecule has 17 nitrogen and oxygen atoms in total. The molecule has 3 aliphatic rings. The first kappa shape index (κ1) is 38.8. The van der Waals surface area contributed by atoms with E-state index in [0.717, 1.165) is 11.6 Å². The lowest BCUT2D eigenvalue weighted by Gasteiger charge is -2.46. The van der Waals surface area contributed by atoms with E-state index in [4.69, 9.17) is 33.2 Å². The number of hydrogen-bond donors (Lipinski definition) is 8. The molecule has 5 rings (SSSR count). The molecule has 17 heteroatoms. The van der Waals surface area contributed by atoms with Gasteiger partial charge in [-0.05, 0) is 42.8 Å². The Morgan fingerprint density at radius 2 is 1.27 bits per heavy atom. The number of carbonyl (C=O) groups is 2. The Balaban J connectivity index is 1.19. The maximum atomic E-state index is 12.3. The third-order valence-electron chi connectivity index (χ3n) is 8.70. The van der Waals surface area contributed by atoms with Gasteiger partial charge in [-0.15, -0.1) is 0 Å². The van der Waals surface area contributed by atoms with Gasteiger partial charge in [0.15, 0.2) is 12.6 Å². The van der Waals surface area contributed by atoms with Crippen LogP contribution in [-0.4, -0.2) is 158 Å². The van der Waals surface area contributed by atoms with E-state index >= 15 is 0 Å². The minimum atomic E-state index is -1.87. The van der Waals surface area contributed by atoms with Crippen LogP contribution in [0.3, 0.4) is 0 Å². The average Bonchev–Trinajstić information content (AvgIpc) is 3.14. The highest BCUT2D eigenvalue weighted by molar-refractivity contribution is 5.87. The summed E-state index contributed by atoms with van der Waals surface area (Å²) in [5.74, 6) is -0.594. The molecule has 2 aromatic rings. The van der Waals surface area contributed by atoms with Crippen LogP contribution in [0.25, 0.3) is 6.08 Å². The quantitative estimate of drug-likeness (QED) is 0.0646. The minimum Gasteiger partial charge on any atom is -0.462 e. The summed E-state index contributed by atoms with van der Waals surface area (Å²) in [6, 6.07) is 14.7.